The quantitative estimate of drug-likeness (QED) is 0.823. The molecule has 134 valence electrons. The van der Waals surface area contributed by atoms with Crippen LogP contribution in [-0.4, -0.2) is 60.5 Å². The molecule has 1 aliphatic heterocycles. The van der Waals surface area contributed by atoms with E-state index in [0.29, 0.717) is 25.5 Å². The number of hydrogen-bond donors (Lipinski definition) is 0. The first-order valence-corrected chi connectivity index (χ1v) is 9.16. The lowest BCUT2D eigenvalue weighted by molar-refractivity contribution is -0.131. The zero-order valence-corrected chi connectivity index (χ0v) is 16.2. The summed E-state index contributed by atoms with van der Waals surface area (Å²) in [5, 5.41) is 2.95. The molecule has 1 amide bonds. The molecular formula is C17H24N6OS. The van der Waals surface area contributed by atoms with E-state index in [1.54, 1.807) is 11.3 Å². The van der Waals surface area contributed by atoms with Crippen LogP contribution in [-0.2, 0) is 24.2 Å². The van der Waals surface area contributed by atoms with Crippen molar-refractivity contribution in [1.82, 2.24) is 19.9 Å². The second-order valence-corrected chi connectivity index (χ2v) is 7.72. The maximum absolute atomic E-state index is 12.7. The number of amides is 1. The molecule has 0 atom stereocenters. The first-order valence-electron chi connectivity index (χ1n) is 8.28. The molecule has 0 aliphatic carbocycles. The fraction of sp³-hybridized carbons (Fsp3) is 0.529. The van der Waals surface area contributed by atoms with E-state index in [-0.39, 0.29) is 5.91 Å². The average molecular weight is 360 g/mol. The third-order valence-electron chi connectivity index (χ3n) is 4.21. The highest BCUT2D eigenvalue weighted by atomic mass is 32.1. The summed E-state index contributed by atoms with van der Waals surface area (Å²) in [6, 6.07) is 0. The van der Waals surface area contributed by atoms with Gasteiger partial charge in [-0.1, -0.05) is 0 Å². The Morgan fingerprint density at radius 1 is 1.20 bits per heavy atom. The lowest BCUT2D eigenvalue weighted by Gasteiger charge is -2.31. The first kappa shape index (κ1) is 17.6. The zero-order chi connectivity index (χ0) is 18.1. The van der Waals surface area contributed by atoms with Gasteiger partial charge >= 0.3 is 0 Å². The largest absolute Gasteiger partial charge is 0.362 e. The van der Waals surface area contributed by atoms with Gasteiger partial charge in [0, 0.05) is 45.7 Å². The predicted octanol–water partition coefficient (Wildman–Crippen LogP) is 1.50. The molecule has 0 fully saturated rings. The van der Waals surface area contributed by atoms with Crippen LogP contribution in [0.4, 0.5) is 11.8 Å². The van der Waals surface area contributed by atoms with Crippen LogP contribution < -0.4 is 9.80 Å². The number of aromatic nitrogens is 3. The molecule has 8 heteroatoms. The van der Waals surface area contributed by atoms with Crippen LogP contribution in [0.15, 0.2) is 5.38 Å². The molecule has 2 aromatic heterocycles. The number of aryl methyl sites for hydroxylation is 1. The van der Waals surface area contributed by atoms with Crippen molar-refractivity contribution in [1.29, 1.82) is 0 Å². The van der Waals surface area contributed by atoms with Gasteiger partial charge in [-0.15, -0.1) is 11.3 Å². The minimum absolute atomic E-state index is 0.104. The van der Waals surface area contributed by atoms with Gasteiger partial charge in [-0.05, 0) is 13.3 Å². The molecule has 25 heavy (non-hydrogen) atoms. The molecule has 0 unspecified atom stereocenters. The smallest absolute Gasteiger partial charge is 0.228 e. The number of rotatable bonds is 4. The molecule has 3 heterocycles. The van der Waals surface area contributed by atoms with Gasteiger partial charge in [0.05, 0.1) is 29.4 Å². The predicted molar refractivity (Wildman–Crippen MR) is 100 cm³/mol. The summed E-state index contributed by atoms with van der Waals surface area (Å²) in [6.07, 6.45) is 1.13. The van der Waals surface area contributed by atoms with Crippen LogP contribution >= 0.6 is 11.3 Å². The van der Waals surface area contributed by atoms with Crippen LogP contribution in [0.2, 0.25) is 0 Å². The Kier molecular flexibility index (Phi) is 4.89. The highest BCUT2D eigenvalue weighted by Gasteiger charge is 2.26. The van der Waals surface area contributed by atoms with E-state index < -0.39 is 0 Å². The summed E-state index contributed by atoms with van der Waals surface area (Å²) >= 11 is 1.58. The lowest BCUT2D eigenvalue weighted by atomic mass is 10.0. The number of hydrogen-bond acceptors (Lipinski definition) is 7. The molecule has 0 spiro atoms. The molecule has 0 N–H and O–H groups in total. The number of nitrogens with zero attached hydrogens (tertiary/aromatic N) is 6. The van der Waals surface area contributed by atoms with Gasteiger partial charge in [-0.3, -0.25) is 4.79 Å². The molecule has 0 saturated carbocycles. The van der Waals surface area contributed by atoms with Gasteiger partial charge in [-0.25, -0.2) is 9.97 Å². The molecule has 0 saturated heterocycles. The second-order valence-electron chi connectivity index (χ2n) is 6.66. The van der Waals surface area contributed by atoms with Crippen molar-refractivity contribution in [3.63, 3.8) is 0 Å². The van der Waals surface area contributed by atoms with Crippen molar-refractivity contribution < 1.29 is 4.79 Å². The highest BCUT2D eigenvalue weighted by Crippen LogP contribution is 2.27. The standard InChI is InChI=1S/C17H24N6OS/c1-11-18-12(10-25-11)8-15(24)23-7-6-13-14(9-23)19-17(22(4)5)20-16(13)21(2)3/h10H,6-9H2,1-5H3. The number of thiazole rings is 1. The fourth-order valence-corrected chi connectivity index (χ4v) is 3.55. The normalized spacial score (nSPS) is 13.6. The Labute approximate surface area is 152 Å². The fourth-order valence-electron chi connectivity index (χ4n) is 2.94. The molecule has 2 aromatic rings. The zero-order valence-electron chi connectivity index (χ0n) is 15.4. The maximum Gasteiger partial charge on any atom is 0.228 e. The Morgan fingerprint density at radius 2 is 1.96 bits per heavy atom. The Morgan fingerprint density at radius 3 is 2.56 bits per heavy atom. The highest BCUT2D eigenvalue weighted by molar-refractivity contribution is 7.09. The van der Waals surface area contributed by atoms with Gasteiger partial charge in [0.15, 0.2) is 0 Å². The van der Waals surface area contributed by atoms with Crippen molar-refractivity contribution >= 4 is 29.0 Å². The van der Waals surface area contributed by atoms with Crippen LogP contribution in [0, 0.1) is 6.92 Å². The topological polar surface area (TPSA) is 65.5 Å². The van der Waals surface area contributed by atoms with E-state index in [0.717, 1.165) is 34.2 Å². The van der Waals surface area contributed by atoms with E-state index in [1.165, 1.54) is 0 Å². The average Bonchev–Trinajstić information content (AvgIpc) is 2.97. The van der Waals surface area contributed by atoms with Crippen LogP contribution in [0.5, 0.6) is 0 Å². The SMILES string of the molecule is Cc1nc(CC(=O)N2CCc3c(nc(N(C)C)nc3N(C)C)C2)cs1. The number of fused-ring (bicyclic) bond motifs is 1. The molecule has 3 rings (SSSR count). The Balaban J connectivity index is 1.83. The lowest BCUT2D eigenvalue weighted by Crippen LogP contribution is -2.38. The van der Waals surface area contributed by atoms with Crippen molar-refractivity contribution in [2.24, 2.45) is 0 Å². The summed E-state index contributed by atoms with van der Waals surface area (Å²) in [5.74, 6) is 1.72. The van der Waals surface area contributed by atoms with E-state index in [2.05, 4.69) is 15.0 Å². The van der Waals surface area contributed by atoms with Gasteiger partial charge < -0.3 is 14.7 Å². The first-order chi connectivity index (χ1) is 11.8. The minimum Gasteiger partial charge on any atom is -0.362 e. The second kappa shape index (κ2) is 6.95. The molecule has 0 aromatic carbocycles. The van der Waals surface area contributed by atoms with Gasteiger partial charge in [-0.2, -0.15) is 4.98 Å². The summed E-state index contributed by atoms with van der Waals surface area (Å²) < 4.78 is 0. The van der Waals surface area contributed by atoms with Gasteiger partial charge in [0.1, 0.15) is 5.82 Å². The van der Waals surface area contributed by atoms with Crippen molar-refractivity contribution in [3.05, 3.63) is 27.3 Å². The van der Waals surface area contributed by atoms with E-state index in [9.17, 15) is 4.79 Å². The number of carbonyl (C=O) groups excluding carboxylic acids is 1. The van der Waals surface area contributed by atoms with Crippen LogP contribution in [0.25, 0.3) is 0 Å². The van der Waals surface area contributed by atoms with Gasteiger partial charge in [0.2, 0.25) is 11.9 Å². The van der Waals surface area contributed by atoms with Crippen molar-refractivity contribution in [2.75, 3.05) is 44.5 Å². The van der Waals surface area contributed by atoms with Crippen LogP contribution in [0.1, 0.15) is 22.0 Å². The number of carbonyl (C=O) groups is 1. The summed E-state index contributed by atoms with van der Waals surface area (Å²) in [7, 11) is 7.84. The monoisotopic (exact) mass is 360 g/mol. The third kappa shape index (κ3) is 3.73. The molecule has 0 radical (unpaired) electrons. The maximum atomic E-state index is 12.7. The third-order valence-corrected chi connectivity index (χ3v) is 5.03. The molecule has 1 aliphatic rings. The van der Waals surface area contributed by atoms with Crippen molar-refractivity contribution in [2.45, 2.75) is 26.3 Å². The van der Waals surface area contributed by atoms with Crippen molar-refractivity contribution in [3.8, 4) is 0 Å². The summed E-state index contributed by atoms with van der Waals surface area (Å²) in [6.45, 7) is 3.18. The van der Waals surface area contributed by atoms with E-state index in [4.69, 9.17) is 0 Å². The van der Waals surface area contributed by atoms with Crippen LogP contribution in [0.3, 0.4) is 0 Å². The molecular weight excluding hydrogens is 336 g/mol. The van der Waals surface area contributed by atoms with E-state index in [1.807, 2.05) is 55.2 Å². The number of anilines is 2. The summed E-state index contributed by atoms with van der Waals surface area (Å²) in [5.41, 5.74) is 2.93. The summed E-state index contributed by atoms with van der Waals surface area (Å²) in [4.78, 5) is 32.2. The van der Waals surface area contributed by atoms with Gasteiger partial charge in [0.25, 0.3) is 0 Å². The Bertz CT molecular complexity index is 785. The molecule has 7 nitrogen and oxygen atoms in total. The Hall–Kier alpha value is -2.22. The minimum atomic E-state index is 0.104. The molecule has 0 bridgehead atoms. The van der Waals surface area contributed by atoms with E-state index >= 15 is 0 Å².